The molecule has 1 aliphatic rings. The fraction of sp³-hybridized carbons (Fsp3) is 0.429. The number of aliphatic hydroxyl groups excluding tert-OH is 1. The van der Waals surface area contributed by atoms with E-state index in [0.717, 1.165) is 11.3 Å². The smallest absolute Gasteiger partial charge is 0.325 e. The van der Waals surface area contributed by atoms with Crippen LogP contribution in [0.5, 0.6) is 5.75 Å². The molecule has 1 aliphatic heterocycles. The average Bonchev–Trinajstić information content (AvgIpc) is 2.93. The number of hydrogen-bond donors (Lipinski definition) is 3. The van der Waals surface area contributed by atoms with Gasteiger partial charge in [-0.25, -0.2) is 4.79 Å². The number of phenols is 1. The minimum atomic E-state index is -1.13. The van der Waals surface area contributed by atoms with Crippen LogP contribution in [0.2, 0.25) is 0 Å². The van der Waals surface area contributed by atoms with Crippen LogP contribution in [-0.4, -0.2) is 58.0 Å². The molecule has 0 spiro atoms. The monoisotopic (exact) mass is 294 g/mol. The van der Waals surface area contributed by atoms with Crippen molar-refractivity contribution >= 4 is 17.7 Å². The number of carbonyl (C=O) groups excluding carboxylic acids is 1. The quantitative estimate of drug-likeness (QED) is 0.764. The number of nitrogens with zero attached hydrogens (tertiary/aromatic N) is 2. The number of carbonyl (C=O) groups is 2. The van der Waals surface area contributed by atoms with Crippen molar-refractivity contribution in [3.63, 3.8) is 0 Å². The van der Waals surface area contributed by atoms with E-state index in [0.29, 0.717) is 18.7 Å². The molecule has 21 heavy (non-hydrogen) atoms. The van der Waals surface area contributed by atoms with Crippen LogP contribution in [0.4, 0.5) is 10.5 Å². The van der Waals surface area contributed by atoms with E-state index < -0.39 is 18.5 Å². The molecule has 0 aromatic heterocycles. The fourth-order valence-corrected chi connectivity index (χ4v) is 2.47. The Labute approximate surface area is 122 Å². The number of aromatic hydroxyl groups is 1. The number of likely N-dealkylation sites (tertiary alicyclic amines) is 1. The maximum Gasteiger partial charge on any atom is 0.325 e. The predicted molar refractivity (Wildman–Crippen MR) is 75.3 cm³/mol. The SMILES string of the molecule is O=C(O)CN(C(=O)N1CCCC1CO)c1ccc(O)cc1. The number of rotatable bonds is 4. The molecule has 1 heterocycles. The number of aliphatic hydroxyl groups is 1. The maximum atomic E-state index is 12.6. The van der Waals surface area contributed by atoms with E-state index in [1.807, 2.05) is 0 Å². The van der Waals surface area contributed by atoms with E-state index in [-0.39, 0.29) is 18.4 Å². The lowest BCUT2D eigenvalue weighted by Crippen LogP contribution is -2.48. The minimum Gasteiger partial charge on any atom is -0.508 e. The number of hydrogen-bond acceptors (Lipinski definition) is 4. The Kier molecular flexibility index (Phi) is 4.64. The van der Waals surface area contributed by atoms with Crippen molar-refractivity contribution in [1.29, 1.82) is 0 Å². The second-order valence-corrected chi connectivity index (χ2v) is 4.95. The second-order valence-electron chi connectivity index (χ2n) is 4.95. The molecule has 1 fully saturated rings. The van der Waals surface area contributed by atoms with Gasteiger partial charge in [-0.1, -0.05) is 0 Å². The molecular weight excluding hydrogens is 276 g/mol. The number of anilines is 1. The standard InChI is InChI=1S/C14H18N2O5/c17-9-11-2-1-7-15(11)14(21)16(8-13(19)20)10-3-5-12(18)6-4-10/h3-6,11,17-18H,1-2,7-9H2,(H,19,20). The molecule has 1 aromatic carbocycles. The van der Waals surface area contributed by atoms with Gasteiger partial charge in [-0.05, 0) is 37.1 Å². The average molecular weight is 294 g/mol. The van der Waals surface area contributed by atoms with Gasteiger partial charge in [-0.2, -0.15) is 0 Å². The van der Waals surface area contributed by atoms with E-state index in [1.54, 1.807) is 0 Å². The summed E-state index contributed by atoms with van der Waals surface area (Å²) in [6, 6.07) is 5.04. The molecule has 7 heteroatoms. The molecule has 2 rings (SSSR count). The predicted octanol–water partition coefficient (Wildman–Crippen LogP) is 0.860. The Bertz CT molecular complexity index is 517. The lowest BCUT2D eigenvalue weighted by atomic mass is 10.2. The second kappa shape index (κ2) is 6.45. The van der Waals surface area contributed by atoms with E-state index in [1.165, 1.54) is 29.2 Å². The summed E-state index contributed by atoms with van der Waals surface area (Å²) in [5.41, 5.74) is 0.392. The molecule has 0 radical (unpaired) electrons. The molecule has 0 bridgehead atoms. The molecular formula is C14H18N2O5. The molecule has 1 atom stereocenters. The Morgan fingerprint density at radius 3 is 2.52 bits per heavy atom. The van der Waals surface area contributed by atoms with Gasteiger partial charge in [0.15, 0.2) is 0 Å². The third kappa shape index (κ3) is 3.43. The van der Waals surface area contributed by atoms with E-state index in [4.69, 9.17) is 5.11 Å². The Morgan fingerprint density at radius 1 is 1.29 bits per heavy atom. The summed E-state index contributed by atoms with van der Waals surface area (Å²) in [6.45, 7) is -0.112. The van der Waals surface area contributed by atoms with Crippen molar-refractivity contribution in [2.75, 3.05) is 24.6 Å². The van der Waals surface area contributed by atoms with Crippen LogP contribution in [0, 0.1) is 0 Å². The van der Waals surface area contributed by atoms with Gasteiger partial charge in [0.05, 0.1) is 12.6 Å². The van der Waals surface area contributed by atoms with Gasteiger partial charge < -0.3 is 20.2 Å². The number of carboxylic acids is 1. The summed E-state index contributed by atoms with van der Waals surface area (Å²) < 4.78 is 0. The summed E-state index contributed by atoms with van der Waals surface area (Å²) in [6.07, 6.45) is 1.49. The fourth-order valence-electron chi connectivity index (χ4n) is 2.47. The van der Waals surface area contributed by atoms with Gasteiger partial charge in [0.2, 0.25) is 0 Å². The van der Waals surface area contributed by atoms with Crippen LogP contribution < -0.4 is 4.90 Å². The first-order chi connectivity index (χ1) is 10.0. The molecule has 1 saturated heterocycles. The first-order valence-corrected chi connectivity index (χ1v) is 6.72. The number of carboxylic acid groups (broad SMARTS) is 1. The summed E-state index contributed by atoms with van der Waals surface area (Å²) >= 11 is 0. The van der Waals surface area contributed by atoms with Crippen molar-refractivity contribution in [1.82, 2.24) is 4.90 Å². The van der Waals surface area contributed by atoms with Gasteiger partial charge in [0.1, 0.15) is 12.3 Å². The number of phenolic OH excluding ortho intramolecular Hbond substituents is 1. The van der Waals surface area contributed by atoms with Crippen LogP contribution in [-0.2, 0) is 4.79 Å². The van der Waals surface area contributed by atoms with Gasteiger partial charge in [-0.3, -0.25) is 9.69 Å². The van der Waals surface area contributed by atoms with Crippen LogP contribution in [0.3, 0.4) is 0 Å². The van der Waals surface area contributed by atoms with Crippen molar-refractivity contribution < 1.29 is 24.9 Å². The molecule has 114 valence electrons. The third-order valence-electron chi connectivity index (χ3n) is 3.52. The lowest BCUT2D eigenvalue weighted by Gasteiger charge is -2.30. The number of aliphatic carboxylic acids is 1. The molecule has 1 unspecified atom stereocenters. The molecule has 0 aliphatic carbocycles. The first kappa shape index (κ1) is 15.1. The molecule has 2 amide bonds. The van der Waals surface area contributed by atoms with Crippen LogP contribution in [0.25, 0.3) is 0 Å². The zero-order valence-corrected chi connectivity index (χ0v) is 11.5. The summed E-state index contributed by atoms with van der Waals surface area (Å²) in [4.78, 5) is 26.2. The number of benzene rings is 1. The summed E-state index contributed by atoms with van der Waals surface area (Å²) in [7, 11) is 0. The summed E-state index contributed by atoms with van der Waals surface area (Å²) in [5, 5.41) is 27.6. The van der Waals surface area contributed by atoms with E-state index >= 15 is 0 Å². The van der Waals surface area contributed by atoms with Gasteiger partial charge >= 0.3 is 12.0 Å². The normalized spacial score (nSPS) is 17.8. The van der Waals surface area contributed by atoms with Crippen LogP contribution >= 0.6 is 0 Å². The molecule has 1 aromatic rings. The van der Waals surface area contributed by atoms with E-state index in [9.17, 15) is 19.8 Å². The van der Waals surface area contributed by atoms with Crippen LogP contribution in [0.1, 0.15) is 12.8 Å². The highest BCUT2D eigenvalue weighted by molar-refractivity contribution is 5.96. The largest absolute Gasteiger partial charge is 0.508 e. The zero-order valence-electron chi connectivity index (χ0n) is 11.5. The number of urea groups is 1. The molecule has 7 nitrogen and oxygen atoms in total. The Hall–Kier alpha value is -2.28. The lowest BCUT2D eigenvalue weighted by molar-refractivity contribution is -0.135. The van der Waals surface area contributed by atoms with Crippen molar-refractivity contribution in [3.05, 3.63) is 24.3 Å². The van der Waals surface area contributed by atoms with E-state index in [2.05, 4.69) is 0 Å². The molecule has 3 N–H and O–H groups in total. The highest BCUT2D eigenvalue weighted by Gasteiger charge is 2.32. The molecule has 0 saturated carbocycles. The Morgan fingerprint density at radius 2 is 1.95 bits per heavy atom. The van der Waals surface area contributed by atoms with Crippen molar-refractivity contribution in [2.45, 2.75) is 18.9 Å². The topological polar surface area (TPSA) is 101 Å². The minimum absolute atomic E-state index is 0.0379. The zero-order chi connectivity index (χ0) is 15.4. The maximum absolute atomic E-state index is 12.6. The number of amides is 2. The van der Waals surface area contributed by atoms with Crippen LogP contribution in [0.15, 0.2) is 24.3 Å². The van der Waals surface area contributed by atoms with Crippen molar-refractivity contribution in [3.8, 4) is 5.75 Å². The van der Waals surface area contributed by atoms with Gasteiger partial charge in [0.25, 0.3) is 0 Å². The van der Waals surface area contributed by atoms with Crippen molar-refractivity contribution in [2.24, 2.45) is 0 Å². The van der Waals surface area contributed by atoms with Gasteiger partial charge in [-0.15, -0.1) is 0 Å². The van der Waals surface area contributed by atoms with Gasteiger partial charge in [0, 0.05) is 12.2 Å². The third-order valence-corrected chi connectivity index (χ3v) is 3.52. The highest BCUT2D eigenvalue weighted by atomic mass is 16.4. The summed E-state index contributed by atoms with van der Waals surface area (Å²) in [5.74, 6) is -1.09. The highest BCUT2D eigenvalue weighted by Crippen LogP contribution is 2.23. The Balaban J connectivity index is 2.24. The first-order valence-electron chi connectivity index (χ1n) is 6.72.